The van der Waals surface area contributed by atoms with Gasteiger partial charge in [0.15, 0.2) is 0 Å². The lowest BCUT2D eigenvalue weighted by molar-refractivity contribution is -0.0338. The summed E-state index contributed by atoms with van der Waals surface area (Å²) >= 11 is 0. The lowest BCUT2D eigenvalue weighted by Gasteiger charge is -2.40. The van der Waals surface area contributed by atoms with Gasteiger partial charge in [0.1, 0.15) is 0 Å². The maximum absolute atomic E-state index is 6.66. The molecule has 2 saturated heterocycles. The normalized spacial score (nSPS) is 38.0. The van der Waals surface area contributed by atoms with Gasteiger partial charge in [0.05, 0.1) is 12.2 Å². The molecule has 26 heavy (non-hydrogen) atoms. The topological polar surface area (TPSA) is 41.5 Å². The molecular weight excluding hydrogens is 324 g/mol. The van der Waals surface area contributed by atoms with Gasteiger partial charge in [-0.2, -0.15) is 0 Å². The Labute approximate surface area is 157 Å². The van der Waals surface area contributed by atoms with E-state index in [9.17, 15) is 0 Å². The molecule has 0 amide bonds. The van der Waals surface area contributed by atoms with Crippen molar-refractivity contribution in [1.29, 1.82) is 0 Å². The van der Waals surface area contributed by atoms with Crippen LogP contribution in [0.2, 0.25) is 0 Å². The molecular formula is C21H32N4O. The van der Waals surface area contributed by atoms with E-state index in [1.165, 1.54) is 51.5 Å². The van der Waals surface area contributed by atoms with Crippen molar-refractivity contribution in [2.24, 2.45) is 17.8 Å². The highest BCUT2D eigenvalue weighted by Crippen LogP contribution is 2.49. The van der Waals surface area contributed by atoms with E-state index in [0.717, 1.165) is 49.9 Å². The molecule has 5 nitrogen and oxygen atoms in total. The van der Waals surface area contributed by atoms with E-state index in [1.807, 2.05) is 18.5 Å². The molecule has 142 valence electrons. The average molecular weight is 357 g/mol. The molecule has 0 radical (unpaired) electrons. The highest BCUT2D eigenvalue weighted by molar-refractivity contribution is 5.29. The number of aromatic nitrogens is 2. The summed E-state index contributed by atoms with van der Waals surface area (Å²) in [6, 6.07) is 1.89. The molecule has 0 bridgehead atoms. The van der Waals surface area contributed by atoms with Gasteiger partial charge in [0.2, 0.25) is 5.95 Å². The second kappa shape index (κ2) is 7.43. The van der Waals surface area contributed by atoms with E-state index in [2.05, 4.69) is 19.8 Å². The van der Waals surface area contributed by atoms with Crippen LogP contribution >= 0.6 is 0 Å². The molecule has 0 aromatic carbocycles. The SMILES string of the molecule is c1cnc(N2CCN(CC3CCCC4C5CCCCC5OC34)CC2)nc1. The maximum Gasteiger partial charge on any atom is 0.225 e. The van der Waals surface area contributed by atoms with Crippen LogP contribution in [0.1, 0.15) is 44.9 Å². The zero-order valence-electron chi connectivity index (χ0n) is 15.8. The Balaban J connectivity index is 1.18. The third-order valence-electron chi connectivity index (χ3n) is 7.33. The van der Waals surface area contributed by atoms with Crippen molar-refractivity contribution < 1.29 is 4.74 Å². The smallest absolute Gasteiger partial charge is 0.225 e. The largest absolute Gasteiger partial charge is 0.374 e. The van der Waals surface area contributed by atoms with Crippen LogP contribution in [0.5, 0.6) is 0 Å². The summed E-state index contributed by atoms with van der Waals surface area (Å²) in [4.78, 5) is 13.8. The summed E-state index contributed by atoms with van der Waals surface area (Å²) in [6.45, 7) is 5.55. The summed E-state index contributed by atoms with van der Waals surface area (Å²) < 4.78 is 6.66. The molecule has 1 aromatic heterocycles. The maximum atomic E-state index is 6.66. The van der Waals surface area contributed by atoms with Gasteiger partial charge in [-0.1, -0.05) is 19.3 Å². The first kappa shape index (κ1) is 16.9. The van der Waals surface area contributed by atoms with E-state index in [0.29, 0.717) is 12.2 Å². The number of ether oxygens (including phenoxy) is 1. The zero-order chi connectivity index (χ0) is 17.3. The second-order valence-electron chi connectivity index (χ2n) is 8.78. The van der Waals surface area contributed by atoms with Crippen LogP contribution < -0.4 is 4.90 Å². The van der Waals surface area contributed by atoms with Crippen molar-refractivity contribution in [3.63, 3.8) is 0 Å². The number of hydrogen-bond donors (Lipinski definition) is 0. The molecule has 2 aliphatic carbocycles. The van der Waals surface area contributed by atoms with Gasteiger partial charge in [-0.25, -0.2) is 9.97 Å². The zero-order valence-corrected chi connectivity index (χ0v) is 15.8. The van der Waals surface area contributed by atoms with E-state index >= 15 is 0 Å². The molecule has 5 unspecified atom stereocenters. The van der Waals surface area contributed by atoms with Crippen LogP contribution in [0.15, 0.2) is 18.5 Å². The minimum Gasteiger partial charge on any atom is -0.374 e. The summed E-state index contributed by atoms with van der Waals surface area (Å²) in [5.74, 6) is 3.37. The van der Waals surface area contributed by atoms with Crippen LogP contribution in [0.3, 0.4) is 0 Å². The molecule has 3 heterocycles. The van der Waals surface area contributed by atoms with Gasteiger partial charge in [0.25, 0.3) is 0 Å². The number of anilines is 1. The fourth-order valence-electron chi connectivity index (χ4n) is 6.06. The summed E-state index contributed by atoms with van der Waals surface area (Å²) in [6.07, 6.45) is 14.6. The van der Waals surface area contributed by atoms with Crippen molar-refractivity contribution in [3.05, 3.63) is 18.5 Å². The van der Waals surface area contributed by atoms with Crippen molar-refractivity contribution in [2.75, 3.05) is 37.6 Å². The number of piperazine rings is 1. The first-order chi connectivity index (χ1) is 12.9. The predicted molar refractivity (Wildman–Crippen MR) is 102 cm³/mol. The number of fused-ring (bicyclic) bond motifs is 3. The minimum atomic E-state index is 0.548. The summed E-state index contributed by atoms with van der Waals surface area (Å²) in [5, 5.41) is 0. The third kappa shape index (κ3) is 3.24. The molecule has 0 N–H and O–H groups in total. The van der Waals surface area contributed by atoms with Crippen molar-refractivity contribution in [3.8, 4) is 0 Å². The van der Waals surface area contributed by atoms with Gasteiger partial charge < -0.3 is 9.64 Å². The quantitative estimate of drug-likeness (QED) is 0.833. The van der Waals surface area contributed by atoms with Crippen molar-refractivity contribution in [2.45, 2.75) is 57.2 Å². The molecule has 2 saturated carbocycles. The number of nitrogens with zero attached hydrogens (tertiary/aromatic N) is 4. The van der Waals surface area contributed by atoms with Crippen LogP contribution in [0.4, 0.5) is 5.95 Å². The Kier molecular flexibility index (Phi) is 4.84. The molecule has 5 heteroatoms. The van der Waals surface area contributed by atoms with Crippen LogP contribution in [-0.4, -0.2) is 59.8 Å². The molecule has 2 aliphatic heterocycles. The van der Waals surface area contributed by atoms with Crippen LogP contribution in [-0.2, 0) is 4.74 Å². The fraction of sp³-hybridized carbons (Fsp3) is 0.810. The highest BCUT2D eigenvalue weighted by Gasteiger charge is 2.49. The first-order valence-corrected chi connectivity index (χ1v) is 10.8. The molecule has 5 rings (SSSR count). The Morgan fingerprint density at radius 3 is 2.50 bits per heavy atom. The Bertz CT molecular complexity index is 589. The fourth-order valence-corrected chi connectivity index (χ4v) is 6.06. The predicted octanol–water partition coefficient (Wildman–Crippen LogP) is 2.97. The van der Waals surface area contributed by atoms with E-state index in [4.69, 9.17) is 4.74 Å². The monoisotopic (exact) mass is 356 g/mol. The molecule has 0 spiro atoms. The number of hydrogen-bond acceptors (Lipinski definition) is 5. The average Bonchev–Trinajstić information content (AvgIpc) is 3.09. The van der Waals surface area contributed by atoms with Crippen molar-refractivity contribution >= 4 is 5.95 Å². The minimum absolute atomic E-state index is 0.548. The Morgan fingerprint density at radius 1 is 0.885 bits per heavy atom. The van der Waals surface area contributed by atoms with Gasteiger partial charge in [-0.05, 0) is 49.5 Å². The van der Waals surface area contributed by atoms with E-state index in [1.54, 1.807) is 0 Å². The van der Waals surface area contributed by atoms with E-state index < -0.39 is 0 Å². The van der Waals surface area contributed by atoms with Crippen molar-refractivity contribution in [1.82, 2.24) is 14.9 Å². The summed E-state index contributed by atoms with van der Waals surface area (Å²) in [5.41, 5.74) is 0. The van der Waals surface area contributed by atoms with Gasteiger partial charge in [-0.3, -0.25) is 4.90 Å². The Hall–Kier alpha value is -1.20. The third-order valence-corrected chi connectivity index (χ3v) is 7.33. The molecule has 5 atom stereocenters. The highest BCUT2D eigenvalue weighted by atomic mass is 16.5. The van der Waals surface area contributed by atoms with E-state index in [-0.39, 0.29) is 0 Å². The molecule has 4 aliphatic rings. The molecule has 4 fully saturated rings. The second-order valence-corrected chi connectivity index (χ2v) is 8.78. The van der Waals surface area contributed by atoms with Gasteiger partial charge in [-0.15, -0.1) is 0 Å². The van der Waals surface area contributed by atoms with Gasteiger partial charge in [0, 0.05) is 45.1 Å². The first-order valence-electron chi connectivity index (χ1n) is 10.8. The van der Waals surface area contributed by atoms with Crippen LogP contribution in [0.25, 0.3) is 0 Å². The Morgan fingerprint density at radius 2 is 1.65 bits per heavy atom. The van der Waals surface area contributed by atoms with Gasteiger partial charge >= 0.3 is 0 Å². The lowest BCUT2D eigenvalue weighted by atomic mass is 9.70. The molecule has 1 aromatic rings. The summed E-state index contributed by atoms with van der Waals surface area (Å²) in [7, 11) is 0. The van der Waals surface area contributed by atoms with Crippen LogP contribution in [0, 0.1) is 17.8 Å². The lowest BCUT2D eigenvalue weighted by Crippen LogP contribution is -2.50. The standard InChI is InChI=1S/C21H32N4O/c1-2-8-19-17(6-1)18-7-3-5-16(20(18)26-19)15-24-11-13-25(14-12-24)21-22-9-4-10-23-21/h4,9-10,16-20H,1-3,5-8,11-15H2. The number of rotatable bonds is 3.